The van der Waals surface area contributed by atoms with Crippen LogP contribution in [-0.2, 0) is 7.05 Å². The Balaban J connectivity index is 1.51. The summed E-state index contributed by atoms with van der Waals surface area (Å²) in [6.45, 7) is 1.35. The molecular formula is C16H18BrN5O2. The highest BCUT2D eigenvalue weighted by atomic mass is 79.9. The predicted octanol–water partition coefficient (Wildman–Crippen LogP) is 3.02. The number of ether oxygens (including phenoxy) is 2. The number of aromatic nitrogens is 4. The molecule has 0 unspecified atom stereocenters. The molecule has 0 aliphatic heterocycles. The highest BCUT2D eigenvalue weighted by Gasteiger charge is 2.12. The number of hydrogen-bond acceptors (Lipinski definition) is 6. The molecule has 3 rings (SSSR count). The topological polar surface area (TPSA) is 74.1 Å². The number of methoxy groups -OCH3 is 1. The first-order valence-corrected chi connectivity index (χ1v) is 8.32. The summed E-state index contributed by atoms with van der Waals surface area (Å²) in [5.41, 5.74) is 0.786. The van der Waals surface area contributed by atoms with Gasteiger partial charge in [0.05, 0.1) is 19.1 Å². The van der Waals surface area contributed by atoms with Gasteiger partial charge in [-0.2, -0.15) is 5.10 Å². The zero-order valence-corrected chi connectivity index (χ0v) is 15.1. The molecule has 3 aromatic rings. The van der Waals surface area contributed by atoms with Crippen LogP contribution in [-0.4, -0.2) is 40.0 Å². The second-order valence-corrected chi connectivity index (χ2v) is 5.89. The van der Waals surface area contributed by atoms with E-state index in [1.807, 2.05) is 31.3 Å². The van der Waals surface area contributed by atoms with Crippen LogP contribution in [0, 0.1) is 0 Å². The van der Waals surface area contributed by atoms with Gasteiger partial charge in [-0.15, -0.1) is 0 Å². The number of aryl methyl sites for hydroxylation is 1. The van der Waals surface area contributed by atoms with E-state index < -0.39 is 0 Å². The average Bonchev–Trinajstić information content (AvgIpc) is 2.90. The Morgan fingerprint density at radius 1 is 1.17 bits per heavy atom. The van der Waals surface area contributed by atoms with Gasteiger partial charge in [0.15, 0.2) is 5.65 Å². The molecule has 7 nitrogen and oxygen atoms in total. The molecule has 0 radical (unpaired) electrons. The van der Waals surface area contributed by atoms with Crippen molar-refractivity contribution >= 4 is 32.8 Å². The fourth-order valence-electron chi connectivity index (χ4n) is 2.32. The minimum absolute atomic E-state index is 0.613. The largest absolute Gasteiger partial charge is 0.497 e. The SMILES string of the molecule is COc1ccc(OCCCNc2ncnc3c2c(Br)nn3C)cc1. The summed E-state index contributed by atoms with van der Waals surface area (Å²) in [5, 5.41) is 8.50. The van der Waals surface area contributed by atoms with Crippen molar-refractivity contribution in [2.75, 3.05) is 25.6 Å². The maximum atomic E-state index is 5.70. The van der Waals surface area contributed by atoms with Crippen molar-refractivity contribution < 1.29 is 9.47 Å². The van der Waals surface area contributed by atoms with Crippen LogP contribution in [0.2, 0.25) is 0 Å². The van der Waals surface area contributed by atoms with Crippen LogP contribution in [0.25, 0.3) is 11.0 Å². The second kappa shape index (κ2) is 7.48. The van der Waals surface area contributed by atoms with Gasteiger partial charge in [0.2, 0.25) is 0 Å². The van der Waals surface area contributed by atoms with E-state index >= 15 is 0 Å². The van der Waals surface area contributed by atoms with Gasteiger partial charge in [-0.1, -0.05) is 0 Å². The van der Waals surface area contributed by atoms with Gasteiger partial charge < -0.3 is 14.8 Å². The third-order valence-electron chi connectivity index (χ3n) is 3.52. The molecule has 0 bridgehead atoms. The van der Waals surface area contributed by atoms with E-state index in [9.17, 15) is 0 Å². The van der Waals surface area contributed by atoms with E-state index in [2.05, 4.69) is 36.3 Å². The van der Waals surface area contributed by atoms with Crippen molar-refractivity contribution in [1.82, 2.24) is 19.7 Å². The number of hydrogen-bond donors (Lipinski definition) is 1. The van der Waals surface area contributed by atoms with E-state index in [0.717, 1.165) is 45.9 Å². The Labute approximate surface area is 148 Å². The van der Waals surface area contributed by atoms with Crippen LogP contribution in [0.5, 0.6) is 11.5 Å². The van der Waals surface area contributed by atoms with Gasteiger partial charge in [0.1, 0.15) is 28.2 Å². The summed E-state index contributed by atoms with van der Waals surface area (Å²) >= 11 is 3.45. The maximum absolute atomic E-state index is 5.70. The smallest absolute Gasteiger partial charge is 0.164 e. The highest BCUT2D eigenvalue weighted by Crippen LogP contribution is 2.26. The zero-order valence-electron chi connectivity index (χ0n) is 13.5. The summed E-state index contributed by atoms with van der Waals surface area (Å²) in [7, 11) is 3.50. The van der Waals surface area contributed by atoms with Crippen molar-refractivity contribution in [2.45, 2.75) is 6.42 Å². The third kappa shape index (κ3) is 3.59. The molecule has 1 aromatic carbocycles. The van der Waals surface area contributed by atoms with E-state index in [1.54, 1.807) is 11.8 Å². The monoisotopic (exact) mass is 391 g/mol. The third-order valence-corrected chi connectivity index (χ3v) is 4.07. The van der Waals surface area contributed by atoms with Gasteiger partial charge >= 0.3 is 0 Å². The van der Waals surface area contributed by atoms with Crippen LogP contribution in [0.15, 0.2) is 35.2 Å². The van der Waals surface area contributed by atoms with Crippen LogP contribution in [0.1, 0.15) is 6.42 Å². The van der Waals surface area contributed by atoms with E-state index in [1.165, 1.54) is 6.33 Å². The summed E-state index contributed by atoms with van der Waals surface area (Å²) < 4.78 is 13.3. The van der Waals surface area contributed by atoms with Crippen molar-refractivity contribution in [2.24, 2.45) is 7.05 Å². The molecule has 24 heavy (non-hydrogen) atoms. The number of anilines is 1. The summed E-state index contributed by atoms with van der Waals surface area (Å²) in [4.78, 5) is 8.54. The molecule has 8 heteroatoms. The van der Waals surface area contributed by atoms with Crippen molar-refractivity contribution in [3.63, 3.8) is 0 Å². The minimum Gasteiger partial charge on any atom is -0.497 e. The molecule has 0 saturated heterocycles. The molecule has 0 amide bonds. The quantitative estimate of drug-likeness (QED) is 0.624. The maximum Gasteiger partial charge on any atom is 0.164 e. The number of nitrogens with one attached hydrogen (secondary N) is 1. The molecule has 126 valence electrons. The van der Waals surface area contributed by atoms with Crippen molar-refractivity contribution in [3.05, 3.63) is 35.2 Å². The first kappa shape index (κ1) is 16.5. The Kier molecular flexibility index (Phi) is 5.14. The summed E-state index contributed by atoms with van der Waals surface area (Å²) in [6, 6.07) is 7.55. The first-order chi connectivity index (χ1) is 11.7. The Hall–Kier alpha value is -2.35. The second-order valence-electron chi connectivity index (χ2n) is 5.14. The number of benzene rings is 1. The van der Waals surface area contributed by atoms with Crippen molar-refractivity contribution in [1.29, 1.82) is 0 Å². The molecule has 2 heterocycles. The number of fused-ring (bicyclic) bond motifs is 1. The lowest BCUT2D eigenvalue weighted by Crippen LogP contribution is -2.09. The Bertz CT molecular complexity index is 819. The van der Waals surface area contributed by atoms with Gasteiger partial charge in [-0.25, -0.2) is 14.6 Å². The van der Waals surface area contributed by atoms with Gasteiger partial charge in [0.25, 0.3) is 0 Å². The average molecular weight is 392 g/mol. The molecule has 0 atom stereocenters. The predicted molar refractivity (Wildman–Crippen MR) is 95.6 cm³/mol. The number of nitrogens with zero attached hydrogens (tertiary/aromatic N) is 4. The van der Waals surface area contributed by atoms with Crippen LogP contribution >= 0.6 is 15.9 Å². The molecule has 0 saturated carbocycles. The Morgan fingerprint density at radius 3 is 2.67 bits per heavy atom. The van der Waals surface area contributed by atoms with E-state index in [4.69, 9.17) is 9.47 Å². The molecular weight excluding hydrogens is 374 g/mol. The molecule has 0 aliphatic rings. The zero-order chi connectivity index (χ0) is 16.9. The molecule has 0 spiro atoms. The van der Waals surface area contributed by atoms with Gasteiger partial charge in [0, 0.05) is 13.6 Å². The van der Waals surface area contributed by atoms with Gasteiger partial charge in [-0.05, 0) is 46.6 Å². The summed E-state index contributed by atoms with van der Waals surface area (Å²) in [5.74, 6) is 2.42. The van der Waals surface area contributed by atoms with Crippen LogP contribution in [0.3, 0.4) is 0 Å². The van der Waals surface area contributed by atoms with Crippen LogP contribution < -0.4 is 14.8 Å². The van der Waals surface area contributed by atoms with E-state index in [0.29, 0.717) is 6.61 Å². The fraction of sp³-hybridized carbons (Fsp3) is 0.312. The molecule has 2 aromatic heterocycles. The molecule has 0 aliphatic carbocycles. The number of halogens is 1. The lowest BCUT2D eigenvalue weighted by molar-refractivity contribution is 0.314. The lowest BCUT2D eigenvalue weighted by atomic mass is 10.3. The lowest BCUT2D eigenvalue weighted by Gasteiger charge is -2.09. The molecule has 1 N–H and O–H groups in total. The Morgan fingerprint density at radius 2 is 1.92 bits per heavy atom. The van der Waals surface area contributed by atoms with Crippen LogP contribution in [0.4, 0.5) is 5.82 Å². The van der Waals surface area contributed by atoms with Crippen molar-refractivity contribution in [3.8, 4) is 11.5 Å². The standard InChI is InChI=1S/C16H18BrN5O2/c1-22-16-13(14(17)21-22)15(19-10-20-16)18-8-3-9-24-12-6-4-11(23-2)5-7-12/h4-7,10H,3,8-9H2,1-2H3,(H,18,19,20). The summed E-state index contributed by atoms with van der Waals surface area (Å²) in [6.07, 6.45) is 2.38. The van der Waals surface area contributed by atoms with Gasteiger partial charge in [-0.3, -0.25) is 0 Å². The normalized spacial score (nSPS) is 10.8. The fourth-order valence-corrected chi connectivity index (χ4v) is 2.92. The first-order valence-electron chi connectivity index (χ1n) is 7.53. The minimum atomic E-state index is 0.613. The molecule has 0 fully saturated rings. The van der Waals surface area contributed by atoms with E-state index in [-0.39, 0.29) is 0 Å². The number of rotatable bonds is 7. The highest BCUT2D eigenvalue weighted by molar-refractivity contribution is 9.10.